The first-order chi connectivity index (χ1) is 15.8. The van der Waals surface area contributed by atoms with E-state index in [0.717, 1.165) is 16.5 Å². The van der Waals surface area contributed by atoms with Crippen molar-refractivity contribution in [2.24, 2.45) is 5.73 Å². The summed E-state index contributed by atoms with van der Waals surface area (Å²) >= 11 is 1.52. The first-order valence-corrected chi connectivity index (χ1v) is 11.7. The van der Waals surface area contributed by atoms with Gasteiger partial charge in [0.1, 0.15) is 12.1 Å². The van der Waals surface area contributed by atoms with E-state index in [4.69, 9.17) is 5.73 Å². The molecule has 3 amide bonds. The predicted octanol–water partition coefficient (Wildman–Crippen LogP) is -1.05. The Bertz CT molecular complexity index is 981. The number of amides is 3. The van der Waals surface area contributed by atoms with Gasteiger partial charge in [-0.05, 0) is 30.1 Å². The molecule has 1 aromatic carbocycles. The van der Waals surface area contributed by atoms with Crippen LogP contribution in [0.15, 0.2) is 30.5 Å². The van der Waals surface area contributed by atoms with Crippen LogP contribution in [0.25, 0.3) is 10.9 Å². The summed E-state index contributed by atoms with van der Waals surface area (Å²) in [4.78, 5) is 51.2. The second-order valence-corrected chi connectivity index (χ2v) is 8.36. The van der Waals surface area contributed by atoms with Gasteiger partial charge in [0, 0.05) is 23.5 Å². The van der Waals surface area contributed by atoms with Crippen molar-refractivity contribution in [1.82, 2.24) is 20.9 Å². The van der Waals surface area contributed by atoms with Crippen LogP contribution in [-0.4, -0.2) is 82.2 Å². The molecule has 12 heteroatoms. The number of carbonyl (C=O) groups excluding carboxylic acids is 3. The molecule has 2 rings (SSSR count). The summed E-state index contributed by atoms with van der Waals surface area (Å²) in [5.41, 5.74) is 7.31. The number of carboxylic acids is 1. The van der Waals surface area contributed by atoms with E-state index in [9.17, 15) is 29.4 Å². The lowest BCUT2D eigenvalue weighted by Crippen LogP contribution is -2.55. The van der Waals surface area contributed by atoms with Crippen molar-refractivity contribution < 1.29 is 29.4 Å². The molecule has 0 aliphatic carbocycles. The number of thioether (sulfide) groups is 1. The highest BCUT2D eigenvalue weighted by molar-refractivity contribution is 7.98. The maximum Gasteiger partial charge on any atom is 0.326 e. The molecule has 8 N–H and O–H groups in total. The zero-order chi connectivity index (χ0) is 24.4. The van der Waals surface area contributed by atoms with E-state index in [0.29, 0.717) is 12.2 Å². The zero-order valence-electron chi connectivity index (χ0n) is 18.2. The Morgan fingerprint density at radius 2 is 1.85 bits per heavy atom. The van der Waals surface area contributed by atoms with Crippen LogP contribution in [0.2, 0.25) is 0 Å². The minimum atomic E-state index is -1.29. The quantitative estimate of drug-likeness (QED) is 0.190. The number of carboxylic acid groups (broad SMARTS) is 1. The van der Waals surface area contributed by atoms with E-state index in [-0.39, 0.29) is 6.42 Å². The first-order valence-electron chi connectivity index (χ1n) is 10.3. The van der Waals surface area contributed by atoms with E-state index < -0.39 is 55.0 Å². The second kappa shape index (κ2) is 12.8. The van der Waals surface area contributed by atoms with Gasteiger partial charge in [0.15, 0.2) is 0 Å². The van der Waals surface area contributed by atoms with E-state index in [1.807, 2.05) is 30.5 Å². The van der Waals surface area contributed by atoms with Gasteiger partial charge in [-0.15, -0.1) is 0 Å². The monoisotopic (exact) mass is 479 g/mol. The smallest absolute Gasteiger partial charge is 0.326 e. The number of aliphatic hydroxyl groups is 1. The molecule has 1 aromatic heterocycles. The van der Waals surface area contributed by atoms with Gasteiger partial charge in [-0.1, -0.05) is 18.2 Å². The van der Waals surface area contributed by atoms with Crippen molar-refractivity contribution in [1.29, 1.82) is 0 Å². The van der Waals surface area contributed by atoms with E-state index in [1.54, 1.807) is 6.20 Å². The van der Waals surface area contributed by atoms with Gasteiger partial charge in [0.05, 0.1) is 19.2 Å². The molecule has 0 bridgehead atoms. The number of nitrogens with one attached hydrogen (secondary N) is 4. The number of hydrogen-bond acceptors (Lipinski definition) is 7. The van der Waals surface area contributed by atoms with Crippen LogP contribution in [0.4, 0.5) is 0 Å². The summed E-state index contributed by atoms with van der Waals surface area (Å²) in [6.45, 7) is -1.21. The molecule has 0 radical (unpaired) electrons. The molecular formula is C21H29N5O6S. The largest absolute Gasteiger partial charge is 0.480 e. The first kappa shape index (κ1) is 26.2. The number of aromatic amines is 1. The Hall–Kier alpha value is -3.09. The normalized spacial score (nSPS) is 13.7. The van der Waals surface area contributed by atoms with Crippen molar-refractivity contribution in [3.8, 4) is 0 Å². The molecule has 0 saturated carbocycles. The minimum absolute atomic E-state index is 0.0439. The van der Waals surface area contributed by atoms with Gasteiger partial charge >= 0.3 is 5.97 Å². The fourth-order valence-corrected chi connectivity index (χ4v) is 3.59. The molecule has 33 heavy (non-hydrogen) atoms. The Kier molecular flexibility index (Phi) is 10.2. The lowest BCUT2D eigenvalue weighted by molar-refractivity contribution is -0.141. The standard InChI is InChI=1S/C21H29N5O6S/c1-33-7-6-14(22)19(29)26-17(11-27)20(30)24-10-18(28)25-16(21(31)32)8-12-9-23-15-5-3-2-4-13(12)15/h2-5,9,14,16-17,23,27H,6-8,10-11,22H2,1H3,(H,24,30)(H,25,28)(H,26,29)(H,31,32). The number of fused-ring (bicyclic) bond motifs is 1. The molecule has 0 aliphatic rings. The summed E-state index contributed by atoms with van der Waals surface area (Å²) < 4.78 is 0. The second-order valence-electron chi connectivity index (χ2n) is 7.37. The van der Waals surface area contributed by atoms with Crippen molar-refractivity contribution in [3.63, 3.8) is 0 Å². The Morgan fingerprint density at radius 1 is 1.12 bits per heavy atom. The molecule has 3 unspecified atom stereocenters. The van der Waals surface area contributed by atoms with Crippen LogP contribution >= 0.6 is 11.8 Å². The molecular weight excluding hydrogens is 450 g/mol. The Balaban J connectivity index is 1.88. The summed E-state index contributed by atoms with van der Waals surface area (Å²) in [7, 11) is 0. The lowest BCUT2D eigenvalue weighted by Gasteiger charge is -2.19. The third-order valence-electron chi connectivity index (χ3n) is 4.94. The average Bonchev–Trinajstić information content (AvgIpc) is 3.21. The van der Waals surface area contributed by atoms with Gasteiger partial charge in [0.25, 0.3) is 0 Å². The minimum Gasteiger partial charge on any atom is -0.480 e. The Labute approximate surface area is 194 Å². The molecule has 1 heterocycles. The predicted molar refractivity (Wildman–Crippen MR) is 125 cm³/mol. The van der Waals surface area contributed by atoms with E-state index >= 15 is 0 Å². The van der Waals surface area contributed by atoms with Crippen LogP contribution in [-0.2, 0) is 25.6 Å². The molecule has 180 valence electrons. The van der Waals surface area contributed by atoms with Gasteiger partial charge in [-0.2, -0.15) is 11.8 Å². The number of nitrogens with two attached hydrogens (primary N) is 1. The van der Waals surface area contributed by atoms with Crippen LogP contribution in [0.1, 0.15) is 12.0 Å². The fourth-order valence-electron chi connectivity index (χ4n) is 3.11. The number of hydrogen-bond donors (Lipinski definition) is 7. The molecule has 11 nitrogen and oxygen atoms in total. The number of carbonyl (C=O) groups is 4. The maximum absolute atomic E-state index is 12.2. The number of aliphatic carboxylic acids is 1. The van der Waals surface area contributed by atoms with Crippen molar-refractivity contribution in [3.05, 3.63) is 36.0 Å². The van der Waals surface area contributed by atoms with E-state index in [2.05, 4.69) is 20.9 Å². The van der Waals surface area contributed by atoms with Crippen molar-refractivity contribution in [2.75, 3.05) is 25.2 Å². The summed E-state index contributed by atoms with van der Waals surface area (Å²) in [5, 5.41) is 26.8. The summed E-state index contributed by atoms with van der Waals surface area (Å²) in [5.74, 6) is -2.67. The van der Waals surface area contributed by atoms with Crippen LogP contribution in [0.5, 0.6) is 0 Å². The number of benzene rings is 1. The molecule has 0 aliphatic heterocycles. The number of aromatic nitrogens is 1. The van der Waals surface area contributed by atoms with Crippen LogP contribution in [0.3, 0.4) is 0 Å². The van der Waals surface area contributed by atoms with Crippen molar-refractivity contribution in [2.45, 2.75) is 31.0 Å². The fraction of sp³-hybridized carbons (Fsp3) is 0.429. The molecule has 2 aromatic rings. The Morgan fingerprint density at radius 3 is 2.52 bits per heavy atom. The van der Waals surface area contributed by atoms with Gasteiger partial charge in [-0.25, -0.2) is 4.79 Å². The molecule has 0 fully saturated rings. The maximum atomic E-state index is 12.2. The average molecular weight is 480 g/mol. The molecule has 0 spiro atoms. The SMILES string of the molecule is CSCCC(N)C(=O)NC(CO)C(=O)NCC(=O)NC(Cc1c[nH]c2ccccc12)C(=O)O. The third-order valence-corrected chi connectivity index (χ3v) is 5.58. The van der Waals surface area contributed by atoms with Gasteiger partial charge in [0.2, 0.25) is 17.7 Å². The highest BCUT2D eigenvalue weighted by Crippen LogP contribution is 2.19. The topological polar surface area (TPSA) is 187 Å². The van der Waals surface area contributed by atoms with E-state index in [1.165, 1.54) is 11.8 Å². The van der Waals surface area contributed by atoms with Crippen LogP contribution < -0.4 is 21.7 Å². The molecule has 0 saturated heterocycles. The zero-order valence-corrected chi connectivity index (χ0v) is 19.0. The third kappa shape index (κ3) is 7.77. The summed E-state index contributed by atoms with van der Waals surface area (Å²) in [6.07, 6.45) is 4.01. The number of para-hydroxylation sites is 1. The summed E-state index contributed by atoms with van der Waals surface area (Å²) in [6, 6.07) is 4.05. The lowest BCUT2D eigenvalue weighted by atomic mass is 10.0. The molecule has 3 atom stereocenters. The number of rotatable bonds is 13. The van der Waals surface area contributed by atoms with Gasteiger partial charge in [-0.3, -0.25) is 14.4 Å². The highest BCUT2D eigenvalue weighted by atomic mass is 32.2. The number of H-pyrrole nitrogens is 1. The van der Waals surface area contributed by atoms with Crippen LogP contribution in [0, 0.1) is 0 Å². The highest BCUT2D eigenvalue weighted by Gasteiger charge is 2.25. The van der Waals surface area contributed by atoms with Gasteiger partial charge < -0.3 is 36.9 Å². The number of aliphatic hydroxyl groups excluding tert-OH is 1. The van der Waals surface area contributed by atoms with Crippen molar-refractivity contribution >= 4 is 46.4 Å².